The van der Waals surface area contributed by atoms with E-state index in [1.54, 1.807) is 17.4 Å². The lowest BCUT2D eigenvalue weighted by atomic mass is 10.2. The van der Waals surface area contributed by atoms with Gasteiger partial charge in [0.15, 0.2) is 0 Å². The van der Waals surface area contributed by atoms with Crippen molar-refractivity contribution in [3.63, 3.8) is 0 Å². The van der Waals surface area contributed by atoms with Crippen molar-refractivity contribution in [2.24, 2.45) is 0 Å². The molecule has 0 saturated carbocycles. The van der Waals surface area contributed by atoms with Gasteiger partial charge in [-0.25, -0.2) is 0 Å². The van der Waals surface area contributed by atoms with Crippen molar-refractivity contribution >= 4 is 17.2 Å². The van der Waals surface area contributed by atoms with Gasteiger partial charge in [0.05, 0.1) is 6.04 Å². The van der Waals surface area contributed by atoms with Crippen molar-refractivity contribution in [1.82, 2.24) is 10.6 Å². The van der Waals surface area contributed by atoms with Crippen molar-refractivity contribution < 1.29 is 4.79 Å². The molecule has 0 fully saturated rings. The summed E-state index contributed by atoms with van der Waals surface area (Å²) < 4.78 is 0. The zero-order chi connectivity index (χ0) is 12.0. The van der Waals surface area contributed by atoms with Crippen LogP contribution in [0.25, 0.3) is 0 Å². The Hall–Kier alpha value is -1.13. The predicted molar refractivity (Wildman–Crippen MR) is 68.6 cm³/mol. The van der Waals surface area contributed by atoms with E-state index in [2.05, 4.69) is 35.6 Å². The second-order valence-electron chi connectivity index (χ2n) is 3.66. The lowest BCUT2D eigenvalue weighted by Gasteiger charge is -2.12. The summed E-state index contributed by atoms with van der Waals surface area (Å²) in [6.45, 7) is 8.76. The van der Waals surface area contributed by atoms with Gasteiger partial charge in [0.1, 0.15) is 0 Å². The number of carbonyl (C=O) groups is 1. The summed E-state index contributed by atoms with van der Waals surface area (Å²) in [7, 11) is 0. The molecule has 1 rings (SSSR count). The van der Waals surface area contributed by atoms with E-state index < -0.39 is 0 Å². The maximum Gasteiger partial charge on any atom is 0.237 e. The molecule has 0 aliphatic carbocycles. The molecule has 0 radical (unpaired) electrons. The van der Waals surface area contributed by atoms with Crippen LogP contribution in [-0.4, -0.2) is 18.5 Å². The van der Waals surface area contributed by atoms with Gasteiger partial charge in [0.25, 0.3) is 0 Å². The van der Waals surface area contributed by atoms with Crippen LogP contribution >= 0.6 is 11.3 Å². The van der Waals surface area contributed by atoms with Crippen molar-refractivity contribution in [2.45, 2.75) is 26.4 Å². The number of hydrogen-bond acceptors (Lipinski definition) is 3. The van der Waals surface area contributed by atoms with E-state index in [1.165, 1.54) is 10.4 Å². The molecule has 1 atom stereocenters. The number of aryl methyl sites for hydroxylation is 1. The van der Waals surface area contributed by atoms with Crippen LogP contribution in [-0.2, 0) is 11.3 Å². The maximum absolute atomic E-state index is 11.5. The van der Waals surface area contributed by atoms with Gasteiger partial charge in [0, 0.05) is 18.0 Å². The average molecular weight is 238 g/mol. The molecule has 88 valence electrons. The third kappa shape index (κ3) is 3.79. The Bertz CT molecular complexity index is 360. The number of amides is 1. The highest BCUT2D eigenvalue weighted by Crippen LogP contribution is 2.14. The summed E-state index contributed by atoms with van der Waals surface area (Å²) >= 11 is 1.71. The smallest absolute Gasteiger partial charge is 0.237 e. The van der Waals surface area contributed by atoms with E-state index in [4.69, 9.17) is 0 Å². The molecular weight excluding hydrogens is 220 g/mol. The molecule has 0 spiro atoms. The van der Waals surface area contributed by atoms with Crippen LogP contribution in [0.3, 0.4) is 0 Å². The molecule has 1 aromatic heterocycles. The highest BCUT2D eigenvalue weighted by atomic mass is 32.1. The highest BCUT2D eigenvalue weighted by molar-refractivity contribution is 7.10. The topological polar surface area (TPSA) is 41.1 Å². The Labute approximate surface area is 101 Å². The maximum atomic E-state index is 11.5. The Morgan fingerprint density at radius 3 is 3.00 bits per heavy atom. The number of rotatable bonds is 6. The summed E-state index contributed by atoms with van der Waals surface area (Å²) in [5, 5.41) is 8.02. The van der Waals surface area contributed by atoms with Gasteiger partial charge in [-0.1, -0.05) is 6.08 Å². The molecule has 0 aliphatic heterocycles. The van der Waals surface area contributed by atoms with Gasteiger partial charge in [-0.05, 0) is 30.9 Å². The van der Waals surface area contributed by atoms with Gasteiger partial charge in [-0.3, -0.25) is 4.79 Å². The molecule has 0 bridgehead atoms. The molecule has 4 heteroatoms. The van der Waals surface area contributed by atoms with E-state index in [0.29, 0.717) is 6.54 Å². The van der Waals surface area contributed by atoms with Crippen LogP contribution < -0.4 is 10.6 Å². The second-order valence-corrected chi connectivity index (χ2v) is 4.66. The van der Waals surface area contributed by atoms with Crippen molar-refractivity contribution in [1.29, 1.82) is 0 Å². The molecule has 1 unspecified atom stereocenters. The van der Waals surface area contributed by atoms with Gasteiger partial charge in [-0.2, -0.15) is 0 Å². The molecule has 0 aliphatic rings. The zero-order valence-corrected chi connectivity index (χ0v) is 10.6. The third-order valence-corrected chi connectivity index (χ3v) is 3.37. The van der Waals surface area contributed by atoms with Crippen LogP contribution in [0, 0.1) is 6.92 Å². The first-order valence-corrected chi connectivity index (χ1v) is 6.18. The van der Waals surface area contributed by atoms with Crippen molar-refractivity contribution in [3.05, 3.63) is 34.5 Å². The van der Waals surface area contributed by atoms with Crippen molar-refractivity contribution in [2.75, 3.05) is 6.54 Å². The molecule has 3 nitrogen and oxygen atoms in total. The largest absolute Gasteiger partial charge is 0.351 e. The fraction of sp³-hybridized carbons (Fsp3) is 0.417. The van der Waals surface area contributed by atoms with E-state index >= 15 is 0 Å². The van der Waals surface area contributed by atoms with E-state index in [0.717, 1.165) is 6.54 Å². The minimum atomic E-state index is -0.179. The van der Waals surface area contributed by atoms with Crippen LogP contribution in [0.5, 0.6) is 0 Å². The molecular formula is C12H18N2OS. The molecule has 0 saturated heterocycles. The van der Waals surface area contributed by atoms with E-state index in [-0.39, 0.29) is 11.9 Å². The fourth-order valence-corrected chi connectivity index (χ4v) is 2.11. The number of hydrogen-bond donors (Lipinski definition) is 2. The highest BCUT2D eigenvalue weighted by Gasteiger charge is 2.11. The Balaban J connectivity index is 2.35. The average Bonchev–Trinajstić information content (AvgIpc) is 2.68. The van der Waals surface area contributed by atoms with Crippen LogP contribution in [0.15, 0.2) is 24.1 Å². The lowest BCUT2D eigenvalue weighted by Crippen LogP contribution is -2.41. The molecule has 0 aromatic carbocycles. The first-order valence-electron chi connectivity index (χ1n) is 5.30. The first kappa shape index (κ1) is 12.9. The summed E-state index contributed by atoms with van der Waals surface area (Å²) in [4.78, 5) is 12.8. The fourth-order valence-electron chi connectivity index (χ4n) is 1.25. The second kappa shape index (κ2) is 6.45. The molecule has 2 N–H and O–H groups in total. The quantitative estimate of drug-likeness (QED) is 0.742. The molecule has 1 aromatic rings. The third-order valence-electron chi connectivity index (χ3n) is 2.35. The normalized spacial score (nSPS) is 12.1. The Morgan fingerprint density at radius 2 is 2.44 bits per heavy atom. The summed E-state index contributed by atoms with van der Waals surface area (Å²) in [6.07, 6.45) is 1.67. The summed E-state index contributed by atoms with van der Waals surface area (Å²) in [5.41, 5.74) is 1.27. The summed E-state index contributed by atoms with van der Waals surface area (Å²) in [5.74, 6) is 0.00843. The van der Waals surface area contributed by atoms with E-state index in [9.17, 15) is 4.79 Å². The van der Waals surface area contributed by atoms with Crippen LogP contribution in [0.2, 0.25) is 0 Å². The molecule has 1 amide bonds. The first-order chi connectivity index (χ1) is 7.65. The lowest BCUT2D eigenvalue weighted by molar-refractivity contribution is -0.122. The van der Waals surface area contributed by atoms with E-state index in [1.807, 2.05) is 6.92 Å². The number of nitrogens with one attached hydrogen (secondary N) is 2. The van der Waals surface area contributed by atoms with Crippen molar-refractivity contribution in [3.8, 4) is 0 Å². The SMILES string of the molecule is C=CCNC(=O)C(C)NCc1sccc1C. The minimum Gasteiger partial charge on any atom is -0.351 e. The standard InChI is InChI=1S/C12H18N2OS/c1-4-6-13-12(15)10(3)14-8-11-9(2)5-7-16-11/h4-5,7,10,14H,1,6,8H2,2-3H3,(H,13,15). The number of carbonyl (C=O) groups excluding carboxylic acids is 1. The predicted octanol–water partition coefficient (Wildman–Crippen LogP) is 1.84. The summed E-state index contributed by atoms with van der Waals surface area (Å²) in [6, 6.07) is 1.91. The van der Waals surface area contributed by atoms with Gasteiger partial charge >= 0.3 is 0 Å². The van der Waals surface area contributed by atoms with Crippen LogP contribution in [0.1, 0.15) is 17.4 Å². The van der Waals surface area contributed by atoms with Gasteiger partial charge < -0.3 is 10.6 Å². The van der Waals surface area contributed by atoms with Gasteiger partial charge in [-0.15, -0.1) is 17.9 Å². The number of thiophene rings is 1. The van der Waals surface area contributed by atoms with Gasteiger partial charge in [0.2, 0.25) is 5.91 Å². The minimum absolute atomic E-state index is 0.00843. The Kier molecular flexibility index (Phi) is 5.22. The molecule has 16 heavy (non-hydrogen) atoms. The van der Waals surface area contributed by atoms with Crippen LogP contribution in [0.4, 0.5) is 0 Å². The zero-order valence-electron chi connectivity index (χ0n) is 9.75. The Morgan fingerprint density at radius 1 is 1.69 bits per heavy atom. The molecule has 1 heterocycles. The monoisotopic (exact) mass is 238 g/mol.